The van der Waals surface area contributed by atoms with Crippen molar-refractivity contribution in [2.24, 2.45) is 0 Å². The van der Waals surface area contributed by atoms with Crippen molar-refractivity contribution in [3.63, 3.8) is 0 Å². The fraction of sp³-hybridized carbons (Fsp3) is 0.111. The molecule has 0 N–H and O–H groups in total. The van der Waals surface area contributed by atoms with E-state index in [4.69, 9.17) is 0 Å². The standard InChI is InChI=1S/C9H8BrS/c1-3-7-4-8(10)6-9(5-7)11-2/h4-6H,1H2,2H3. The predicted octanol–water partition coefficient (Wildman–Crippen LogP) is 3.51. The average molecular weight is 228 g/mol. The molecule has 0 saturated heterocycles. The molecule has 1 aromatic rings. The van der Waals surface area contributed by atoms with Crippen LogP contribution in [0, 0.1) is 6.08 Å². The molecule has 0 aliphatic heterocycles. The molecular weight excluding hydrogens is 220 g/mol. The second-order valence-corrected chi connectivity index (χ2v) is 3.85. The largest absolute Gasteiger partial charge is 0.130 e. The van der Waals surface area contributed by atoms with Gasteiger partial charge in [-0.1, -0.05) is 22.5 Å². The van der Waals surface area contributed by atoms with Crippen molar-refractivity contribution in [3.05, 3.63) is 40.9 Å². The maximum absolute atomic E-state index is 3.59. The van der Waals surface area contributed by atoms with Gasteiger partial charge < -0.3 is 0 Å². The van der Waals surface area contributed by atoms with Gasteiger partial charge >= 0.3 is 0 Å². The summed E-state index contributed by atoms with van der Waals surface area (Å²) in [6, 6.07) is 6.13. The third kappa shape index (κ3) is 2.38. The SMILES string of the molecule is C=[C]c1cc(Br)cc(SC)c1. The highest BCUT2D eigenvalue weighted by molar-refractivity contribution is 9.10. The lowest BCUT2D eigenvalue weighted by atomic mass is 10.2. The molecule has 0 nitrogen and oxygen atoms in total. The van der Waals surface area contributed by atoms with Gasteiger partial charge in [0.05, 0.1) is 0 Å². The summed E-state index contributed by atoms with van der Waals surface area (Å²) in [6.45, 7) is 3.59. The number of rotatable bonds is 2. The average Bonchev–Trinajstić information content (AvgIpc) is 2.03. The Hall–Kier alpha value is -0.210. The Morgan fingerprint density at radius 2 is 2.18 bits per heavy atom. The van der Waals surface area contributed by atoms with Gasteiger partial charge in [0, 0.05) is 9.37 Å². The summed E-state index contributed by atoms with van der Waals surface area (Å²) < 4.78 is 1.08. The first-order valence-electron chi connectivity index (χ1n) is 3.14. The van der Waals surface area contributed by atoms with E-state index in [1.807, 2.05) is 6.07 Å². The van der Waals surface area contributed by atoms with E-state index in [0.29, 0.717) is 0 Å². The van der Waals surface area contributed by atoms with Crippen molar-refractivity contribution in [3.8, 4) is 0 Å². The van der Waals surface area contributed by atoms with E-state index < -0.39 is 0 Å². The third-order valence-electron chi connectivity index (χ3n) is 1.31. The van der Waals surface area contributed by atoms with E-state index in [-0.39, 0.29) is 0 Å². The third-order valence-corrected chi connectivity index (χ3v) is 2.48. The Morgan fingerprint density at radius 1 is 1.45 bits per heavy atom. The summed E-state index contributed by atoms with van der Waals surface area (Å²) in [6.07, 6.45) is 4.90. The van der Waals surface area contributed by atoms with Crippen LogP contribution in [0.4, 0.5) is 0 Å². The Morgan fingerprint density at radius 3 is 2.73 bits per heavy atom. The van der Waals surface area contributed by atoms with Gasteiger partial charge in [-0.2, -0.15) is 0 Å². The van der Waals surface area contributed by atoms with Crippen LogP contribution in [0.25, 0.3) is 0 Å². The summed E-state index contributed by atoms with van der Waals surface area (Å²) in [5.41, 5.74) is 1.03. The van der Waals surface area contributed by atoms with E-state index >= 15 is 0 Å². The first-order valence-corrected chi connectivity index (χ1v) is 5.15. The van der Waals surface area contributed by atoms with Crippen molar-refractivity contribution in [2.45, 2.75) is 4.90 Å². The molecule has 0 saturated carbocycles. The summed E-state index contributed by atoms with van der Waals surface area (Å²) in [4.78, 5) is 1.23. The maximum Gasteiger partial charge on any atom is 0.0192 e. The summed E-state index contributed by atoms with van der Waals surface area (Å²) in [7, 11) is 0. The second kappa shape index (κ2) is 3.98. The number of hydrogen-bond acceptors (Lipinski definition) is 1. The van der Waals surface area contributed by atoms with Crippen molar-refractivity contribution in [1.82, 2.24) is 0 Å². The summed E-state index contributed by atoms with van der Waals surface area (Å²) >= 11 is 5.13. The Bertz CT molecular complexity index is 268. The molecule has 0 aliphatic rings. The van der Waals surface area contributed by atoms with Crippen LogP contribution in [0.3, 0.4) is 0 Å². The lowest BCUT2D eigenvalue weighted by molar-refractivity contribution is 1.39. The summed E-state index contributed by atoms with van der Waals surface area (Å²) in [5.74, 6) is 0. The van der Waals surface area contributed by atoms with Crippen LogP contribution < -0.4 is 0 Å². The highest BCUT2D eigenvalue weighted by atomic mass is 79.9. The van der Waals surface area contributed by atoms with Gasteiger partial charge in [-0.25, -0.2) is 0 Å². The van der Waals surface area contributed by atoms with Gasteiger partial charge in [-0.05, 0) is 36.1 Å². The minimum atomic E-state index is 1.03. The van der Waals surface area contributed by atoms with Crippen LogP contribution in [0.1, 0.15) is 5.56 Å². The molecule has 1 radical (unpaired) electrons. The van der Waals surface area contributed by atoms with Crippen molar-refractivity contribution >= 4 is 27.7 Å². The molecule has 0 aromatic heterocycles. The topological polar surface area (TPSA) is 0 Å². The van der Waals surface area contributed by atoms with Gasteiger partial charge in [0.25, 0.3) is 0 Å². The Kier molecular flexibility index (Phi) is 3.21. The minimum Gasteiger partial charge on any atom is -0.130 e. The molecule has 0 atom stereocenters. The molecular formula is C9H8BrS. The van der Waals surface area contributed by atoms with Gasteiger partial charge in [-0.15, -0.1) is 11.8 Å². The molecule has 0 unspecified atom stereocenters. The van der Waals surface area contributed by atoms with Crippen molar-refractivity contribution < 1.29 is 0 Å². The minimum absolute atomic E-state index is 1.03. The second-order valence-electron chi connectivity index (χ2n) is 2.06. The molecule has 0 aliphatic carbocycles. The zero-order valence-corrected chi connectivity index (χ0v) is 8.63. The van der Waals surface area contributed by atoms with Gasteiger partial charge in [0.1, 0.15) is 0 Å². The lowest BCUT2D eigenvalue weighted by Gasteiger charge is -1.99. The fourth-order valence-corrected chi connectivity index (χ4v) is 1.92. The van der Waals surface area contributed by atoms with Crippen molar-refractivity contribution in [2.75, 3.05) is 6.26 Å². The molecule has 1 aromatic carbocycles. The smallest absolute Gasteiger partial charge is 0.0192 e. The number of hydrogen-bond donors (Lipinski definition) is 0. The molecule has 11 heavy (non-hydrogen) atoms. The molecule has 1 rings (SSSR count). The maximum atomic E-state index is 3.59. The van der Waals surface area contributed by atoms with E-state index in [0.717, 1.165) is 10.0 Å². The highest BCUT2D eigenvalue weighted by Crippen LogP contribution is 2.22. The Labute approximate surface area is 79.8 Å². The van der Waals surface area contributed by atoms with Crippen LogP contribution in [0.5, 0.6) is 0 Å². The number of halogens is 1. The Balaban J connectivity index is 3.11. The molecule has 0 bridgehead atoms. The van der Waals surface area contributed by atoms with Gasteiger partial charge in [-0.3, -0.25) is 0 Å². The summed E-state index contributed by atoms with van der Waals surface area (Å²) in [5, 5.41) is 0. The molecule has 0 fully saturated rings. The van der Waals surface area contributed by atoms with Gasteiger partial charge in [0.2, 0.25) is 0 Å². The highest BCUT2D eigenvalue weighted by Gasteiger charge is 1.94. The molecule has 57 valence electrons. The normalized spacial score (nSPS) is 9.64. The van der Waals surface area contributed by atoms with E-state index in [9.17, 15) is 0 Å². The van der Waals surface area contributed by atoms with Crippen LogP contribution in [-0.2, 0) is 0 Å². The van der Waals surface area contributed by atoms with Crippen LogP contribution in [0.2, 0.25) is 0 Å². The monoisotopic (exact) mass is 227 g/mol. The zero-order valence-electron chi connectivity index (χ0n) is 6.23. The fourth-order valence-electron chi connectivity index (χ4n) is 0.783. The molecule has 0 amide bonds. The number of benzene rings is 1. The van der Waals surface area contributed by atoms with Gasteiger partial charge in [0.15, 0.2) is 0 Å². The first-order chi connectivity index (χ1) is 5.26. The molecule has 2 heteroatoms. The number of thioether (sulfide) groups is 1. The molecule has 0 heterocycles. The van der Waals surface area contributed by atoms with Crippen molar-refractivity contribution in [1.29, 1.82) is 0 Å². The quantitative estimate of drug-likeness (QED) is 0.698. The van der Waals surface area contributed by atoms with E-state index in [1.54, 1.807) is 11.8 Å². The van der Waals surface area contributed by atoms with Crippen LogP contribution in [0.15, 0.2) is 34.1 Å². The predicted molar refractivity (Wildman–Crippen MR) is 53.9 cm³/mol. The first kappa shape index (κ1) is 8.88. The van der Waals surface area contributed by atoms with Crippen LogP contribution in [-0.4, -0.2) is 6.26 Å². The lowest BCUT2D eigenvalue weighted by Crippen LogP contribution is -1.76. The molecule has 0 spiro atoms. The van der Waals surface area contributed by atoms with E-state index in [2.05, 4.69) is 47.0 Å². The van der Waals surface area contributed by atoms with Crippen LogP contribution >= 0.6 is 27.7 Å². The zero-order chi connectivity index (χ0) is 8.27. The van der Waals surface area contributed by atoms with E-state index in [1.165, 1.54) is 4.90 Å².